The molecule has 2 heteroatoms. The van der Waals surface area contributed by atoms with E-state index in [-0.39, 0.29) is 6.04 Å². The molecule has 0 aliphatic carbocycles. The highest BCUT2D eigenvalue weighted by molar-refractivity contribution is 4.76. The van der Waals surface area contributed by atoms with E-state index < -0.39 is 6.10 Å². The molecule has 2 atom stereocenters. The van der Waals surface area contributed by atoms with Gasteiger partial charge in [-0.3, -0.25) is 0 Å². The van der Waals surface area contributed by atoms with Crippen LogP contribution in [0.4, 0.5) is 0 Å². The monoisotopic (exact) mass is 115 g/mol. The number of aliphatic hydroxyl groups excluding tert-OH is 1. The standard InChI is InChI=1S/C6H13NO/c1-3-4-6(8)5(2)7/h3,5-6,8H,1,4,7H2,2H3. The summed E-state index contributed by atoms with van der Waals surface area (Å²) in [5.41, 5.74) is 5.32. The summed E-state index contributed by atoms with van der Waals surface area (Å²) in [4.78, 5) is 0. The summed E-state index contributed by atoms with van der Waals surface area (Å²) in [7, 11) is 0. The third-order valence-corrected chi connectivity index (χ3v) is 1.02. The second kappa shape index (κ2) is 3.64. The molecule has 0 rings (SSSR count). The van der Waals surface area contributed by atoms with Gasteiger partial charge in [0.25, 0.3) is 0 Å². The normalized spacial score (nSPS) is 17.4. The third kappa shape index (κ3) is 2.77. The molecule has 0 bridgehead atoms. The fourth-order valence-corrected chi connectivity index (χ4v) is 0.385. The average molecular weight is 115 g/mol. The Morgan fingerprint density at radius 2 is 2.38 bits per heavy atom. The van der Waals surface area contributed by atoms with Crippen LogP contribution in [0, 0.1) is 0 Å². The molecule has 0 aromatic carbocycles. The van der Waals surface area contributed by atoms with Gasteiger partial charge in [0.05, 0.1) is 6.10 Å². The van der Waals surface area contributed by atoms with Crippen molar-refractivity contribution in [3.8, 4) is 0 Å². The Labute approximate surface area is 50.0 Å². The maximum Gasteiger partial charge on any atom is 0.0722 e. The minimum Gasteiger partial charge on any atom is -0.391 e. The lowest BCUT2D eigenvalue weighted by molar-refractivity contribution is 0.154. The molecule has 0 aromatic rings. The summed E-state index contributed by atoms with van der Waals surface area (Å²) in [6.45, 7) is 5.24. The molecule has 0 aliphatic rings. The summed E-state index contributed by atoms with van der Waals surface area (Å²) in [5, 5.41) is 8.93. The first-order valence-corrected chi connectivity index (χ1v) is 2.73. The molecule has 0 saturated heterocycles. The van der Waals surface area contributed by atoms with E-state index in [0.29, 0.717) is 6.42 Å². The zero-order chi connectivity index (χ0) is 6.57. The van der Waals surface area contributed by atoms with Gasteiger partial charge in [0.1, 0.15) is 0 Å². The fraction of sp³-hybridized carbons (Fsp3) is 0.667. The Kier molecular flexibility index (Phi) is 3.48. The zero-order valence-electron chi connectivity index (χ0n) is 5.17. The van der Waals surface area contributed by atoms with Gasteiger partial charge in [-0.2, -0.15) is 0 Å². The van der Waals surface area contributed by atoms with Gasteiger partial charge < -0.3 is 10.8 Å². The summed E-state index contributed by atoms with van der Waals surface area (Å²) in [5.74, 6) is 0. The van der Waals surface area contributed by atoms with Crippen molar-refractivity contribution in [2.24, 2.45) is 5.73 Å². The summed E-state index contributed by atoms with van der Waals surface area (Å²) >= 11 is 0. The van der Waals surface area contributed by atoms with Crippen molar-refractivity contribution in [3.63, 3.8) is 0 Å². The summed E-state index contributed by atoms with van der Waals surface area (Å²) in [6, 6.07) is -0.145. The number of hydrogen-bond donors (Lipinski definition) is 2. The van der Waals surface area contributed by atoms with Crippen LogP contribution in [0.15, 0.2) is 12.7 Å². The lowest BCUT2D eigenvalue weighted by atomic mass is 10.1. The van der Waals surface area contributed by atoms with Crippen molar-refractivity contribution >= 4 is 0 Å². The number of rotatable bonds is 3. The van der Waals surface area contributed by atoms with E-state index in [4.69, 9.17) is 10.8 Å². The van der Waals surface area contributed by atoms with Gasteiger partial charge >= 0.3 is 0 Å². The molecule has 2 unspecified atom stereocenters. The van der Waals surface area contributed by atoms with Crippen molar-refractivity contribution in [3.05, 3.63) is 12.7 Å². The third-order valence-electron chi connectivity index (χ3n) is 1.02. The Morgan fingerprint density at radius 3 is 2.50 bits per heavy atom. The van der Waals surface area contributed by atoms with E-state index in [9.17, 15) is 0 Å². The SMILES string of the molecule is C=CCC(O)C(C)N. The molecule has 0 spiro atoms. The number of nitrogens with two attached hydrogens (primary N) is 1. The molecule has 0 aliphatic heterocycles. The summed E-state index contributed by atoms with van der Waals surface area (Å²) in [6.07, 6.45) is 1.82. The summed E-state index contributed by atoms with van der Waals surface area (Å²) < 4.78 is 0. The van der Waals surface area contributed by atoms with Crippen LogP contribution < -0.4 is 5.73 Å². The second-order valence-electron chi connectivity index (χ2n) is 1.95. The van der Waals surface area contributed by atoms with Crippen LogP contribution in [0.2, 0.25) is 0 Å². The molecule has 0 aromatic heterocycles. The number of aliphatic hydroxyl groups is 1. The molecule has 0 saturated carbocycles. The second-order valence-corrected chi connectivity index (χ2v) is 1.95. The minimum absolute atomic E-state index is 0.145. The van der Waals surface area contributed by atoms with Crippen LogP contribution in [-0.2, 0) is 0 Å². The highest BCUT2D eigenvalue weighted by atomic mass is 16.3. The van der Waals surface area contributed by atoms with Crippen LogP contribution in [-0.4, -0.2) is 17.3 Å². The number of hydrogen-bond acceptors (Lipinski definition) is 2. The predicted octanol–water partition coefficient (Wildman–Crippen LogP) is 0.271. The topological polar surface area (TPSA) is 46.2 Å². The van der Waals surface area contributed by atoms with Crippen LogP contribution in [0.1, 0.15) is 13.3 Å². The lowest BCUT2D eigenvalue weighted by Gasteiger charge is -2.10. The molecule has 0 heterocycles. The fourth-order valence-electron chi connectivity index (χ4n) is 0.385. The predicted molar refractivity (Wildman–Crippen MR) is 34.5 cm³/mol. The first kappa shape index (κ1) is 7.66. The Hall–Kier alpha value is -0.340. The minimum atomic E-state index is -0.424. The Bertz CT molecular complexity index is 70.9. The highest BCUT2D eigenvalue weighted by Crippen LogP contribution is 1.94. The molecule has 3 N–H and O–H groups in total. The van der Waals surface area contributed by atoms with Gasteiger partial charge in [0.2, 0.25) is 0 Å². The van der Waals surface area contributed by atoms with Crippen molar-refractivity contribution in [2.75, 3.05) is 0 Å². The van der Waals surface area contributed by atoms with Crippen LogP contribution >= 0.6 is 0 Å². The van der Waals surface area contributed by atoms with E-state index >= 15 is 0 Å². The smallest absolute Gasteiger partial charge is 0.0722 e. The van der Waals surface area contributed by atoms with Crippen molar-refractivity contribution in [1.82, 2.24) is 0 Å². The largest absolute Gasteiger partial charge is 0.391 e. The van der Waals surface area contributed by atoms with Crippen molar-refractivity contribution in [1.29, 1.82) is 0 Å². The zero-order valence-corrected chi connectivity index (χ0v) is 5.17. The van der Waals surface area contributed by atoms with E-state index in [1.54, 1.807) is 13.0 Å². The molecule has 0 fully saturated rings. The lowest BCUT2D eigenvalue weighted by Crippen LogP contribution is -2.30. The Balaban J connectivity index is 3.30. The van der Waals surface area contributed by atoms with Crippen molar-refractivity contribution < 1.29 is 5.11 Å². The maximum atomic E-state index is 8.93. The van der Waals surface area contributed by atoms with E-state index in [2.05, 4.69) is 6.58 Å². The molecular formula is C6H13NO. The average Bonchev–Trinajstić information content (AvgIpc) is 1.67. The van der Waals surface area contributed by atoms with Crippen LogP contribution in [0.3, 0.4) is 0 Å². The van der Waals surface area contributed by atoms with E-state index in [1.807, 2.05) is 0 Å². The van der Waals surface area contributed by atoms with Crippen LogP contribution in [0.5, 0.6) is 0 Å². The quantitative estimate of drug-likeness (QED) is 0.519. The van der Waals surface area contributed by atoms with Gasteiger partial charge in [-0.05, 0) is 13.3 Å². The molecule has 0 radical (unpaired) electrons. The molecular weight excluding hydrogens is 102 g/mol. The molecule has 0 amide bonds. The van der Waals surface area contributed by atoms with Gasteiger partial charge in [0, 0.05) is 6.04 Å². The van der Waals surface area contributed by atoms with Gasteiger partial charge in [-0.25, -0.2) is 0 Å². The first-order chi connectivity index (χ1) is 3.68. The highest BCUT2D eigenvalue weighted by Gasteiger charge is 2.04. The van der Waals surface area contributed by atoms with Gasteiger partial charge in [-0.1, -0.05) is 6.08 Å². The van der Waals surface area contributed by atoms with Crippen molar-refractivity contribution in [2.45, 2.75) is 25.5 Å². The van der Waals surface area contributed by atoms with E-state index in [1.165, 1.54) is 0 Å². The van der Waals surface area contributed by atoms with Gasteiger partial charge in [0.15, 0.2) is 0 Å². The molecule has 2 nitrogen and oxygen atoms in total. The first-order valence-electron chi connectivity index (χ1n) is 2.73. The molecule has 8 heavy (non-hydrogen) atoms. The van der Waals surface area contributed by atoms with Crippen LogP contribution in [0.25, 0.3) is 0 Å². The Morgan fingerprint density at radius 1 is 1.88 bits per heavy atom. The maximum absolute atomic E-state index is 8.93. The molecule has 48 valence electrons. The van der Waals surface area contributed by atoms with E-state index in [0.717, 1.165) is 0 Å². The van der Waals surface area contributed by atoms with Gasteiger partial charge in [-0.15, -0.1) is 6.58 Å².